The smallest absolute Gasteiger partial charge is 0.335 e. The van der Waals surface area contributed by atoms with Gasteiger partial charge in [0.25, 0.3) is 0 Å². The van der Waals surface area contributed by atoms with Gasteiger partial charge in [-0.05, 0) is 42.5 Å². The van der Waals surface area contributed by atoms with Crippen LogP contribution in [-0.2, 0) is 9.84 Å². The van der Waals surface area contributed by atoms with Crippen molar-refractivity contribution in [1.29, 1.82) is 0 Å². The van der Waals surface area contributed by atoms with Gasteiger partial charge in [0.15, 0.2) is 0 Å². The van der Waals surface area contributed by atoms with E-state index in [4.69, 9.17) is 10.2 Å². The molecule has 0 spiro atoms. The maximum absolute atomic E-state index is 12.3. The van der Waals surface area contributed by atoms with Gasteiger partial charge in [-0.2, -0.15) is 0 Å². The maximum atomic E-state index is 12.3. The van der Waals surface area contributed by atoms with Crippen LogP contribution in [0.2, 0.25) is 0 Å². The Labute approximate surface area is 120 Å². The zero-order chi connectivity index (χ0) is 15.6. The van der Waals surface area contributed by atoms with Crippen LogP contribution in [0.4, 0.5) is 0 Å². The average Bonchev–Trinajstić information content (AvgIpc) is 2.47. The largest absolute Gasteiger partial charge is 0.478 e. The number of carboxylic acid groups (broad SMARTS) is 2. The second-order valence-corrected chi connectivity index (χ2v) is 6.12. The summed E-state index contributed by atoms with van der Waals surface area (Å²) in [5, 5.41) is 17.7. The predicted octanol–water partition coefficient (Wildman–Crippen LogP) is 1.92. The van der Waals surface area contributed by atoms with Crippen molar-refractivity contribution in [3.63, 3.8) is 0 Å². The highest BCUT2D eigenvalue weighted by atomic mass is 32.2. The van der Waals surface area contributed by atoms with Gasteiger partial charge in [-0.15, -0.1) is 0 Å². The topological polar surface area (TPSA) is 109 Å². The van der Waals surface area contributed by atoms with Crippen molar-refractivity contribution in [2.75, 3.05) is 0 Å². The lowest BCUT2D eigenvalue weighted by molar-refractivity contribution is 0.0686. The molecule has 0 aliphatic rings. The number of aromatic carboxylic acids is 2. The van der Waals surface area contributed by atoms with Crippen molar-refractivity contribution < 1.29 is 28.2 Å². The third kappa shape index (κ3) is 2.92. The second-order valence-electron chi connectivity index (χ2n) is 4.17. The van der Waals surface area contributed by atoms with Crippen molar-refractivity contribution in [2.24, 2.45) is 0 Å². The molecule has 7 heteroatoms. The van der Waals surface area contributed by atoms with Crippen LogP contribution in [0.25, 0.3) is 0 Å². The van der Waals surface area contributed by atoms with E-state index in [2.05, 4.69) is 0 Å². The van der Waals surface area contributed by atoms with Gasteiger partial charge in [0.2, 0.25) is 9.84 Å². The van der Waals surface area contributed by atoms with Crippen molar-refractivity contribution in [2.45, 2.75) is 9.79 Å². The van der Waals surface area contributed by atoms with Crippen LogP contribution < -0.4 is 0 Å². The number of carboxylic acids is 2. The molecule has 6 nitrogen and oxygen atoms in total. The van der Waals surface area contributed by atoms with Crippen LogP contribution in [0, 0.1) is 0 Å². The van der Waals surface area contributed by atoms with E-state index >= 15 is 0 Å². The van der Waals surface area contributed by atoms with E-state index in [0.717, 1.165) is 6.07 Å². The first-order valence-electron chi connectivity index (χ1n) is 5.74. The predicted molar refractivity (Wildman–Crippen MR) is 72.3 cm³/mol. The Hall–Kier alpha value is -2.67. The summed E-state index contributed by atoms with van der Waals surface area (Å²) in [5.41, 5.74) is -0.175. The first-order valence-corrected chi connectivity index (χ1v) is 7.22. The highest BCUT2D eigenvalue weighted by molar-refractivity contribution is 7.91. The first kappa shape index (κ1) is 14.7. The number of hydrogen-bond acceptors (Lipinski definition) is 4. The molecule has 2 N–H and O–H groups in total. The Morgan fingerprint density at radius 2 is 1.33 bits per heavy atom. The summed E-state index contributed by atoms with van der Waals surface area (Å²) in [5.74, 6) is -2.39. The first-order chi connectivity index (χ1) is 9.82. The maximum Gasteiger partial charge on any atom is 0.335 e. The van der Waals surface area contributed by atoms with Crippen molar-refractivity contribution in [3.05, 3.63) is 59.7 Å². The molecule has 0 aromatic heterocycles. The molecule has 2 aromatic rings. The average molecular weight is 306 g/mol. The summed E-state index contributed by atoms with van der Waals surface area (Å²) >= 11 is 0. The Morgan fingerprint density at radius 1 is 0.762 bits per heavy atom. The minimum absolute atomic E-state index is 0.0340. The van der Waals surface area contributed by atoms with E-state index in [9.17, 15) is 18.0 Å². The highest BCUT2D eigenvalue weighted by Gasteiger charge is 2.19. The molecule has 0 aliphatic heterocycles. The molecule has 0 fully saturated rings. The monoisotopic (exact) mass is 306 g/mol. The molecule has 0 amide bonds. The fourth-order valence-corrected chi connectivity index (χ4v) is 3.02. The third-order valence-corrected chi connectivity index (χ3v) is 4.57. The Balaban J connectivity index is 2.49. The lowest BCUT2D eigenvalue weighted by atomic mass is 10.2. The van der Waals surface area contributed by atoms with Crippen LogP contribution in [0.5, 0.6) is 0 Å². The summed E-state index contributed by atoms with van der Waals surface area (Å²) in [6.07, 6.45) is 0. The van der Waals surface area contributed by atoms with Gasteiger partial charge in [0.05, 0.1) is 20.9 Å². The molecular weight excluding hydrogens is 296 g/mol. The number of carbonyl (C=O) groups is 2. The van der Waals surface area contributed by atoms with Crippen LogP contribution in [0.1, 0.15) is 20.7 Å². The van der Waals surface area contributed by atoms with E-state index in [-0.39, 0.29) is 20.9 Å². The zero-order valence-corrected chi connectivity index (χ0v) is 11.4. The summed E-state index contributed by atoms with van der Waals surface area (Å²) in [6.45, 7) is 0. The zero-order valence-electron chi connectivity index (χ0n) is 10.6. The quantitative estimate of drug-likeness (QED) is 0.893. The second kappa shape index (κ2) is 5.37. The molecular formula is C14H10O6S. The molecule has 21 heavy (non-hydrogen) atoms. The van der Waals surface area contributed by atoms with E-state index < -0.39 is 21.8 Å². The minimum Gasteiger partial charge on any atom is -0.478 e. The van der Waals surface area contributed by atoms with Gasteiger partial charge in [-0.1, -0.05) is 6.07 Å². The van der Waals surface area contributed by atoms with Gasteiger partial charge in [0, 0.05) is 0 Å². The fourth-order valence-electron chi connectivity index (χ4n) is 1.71. The van der Waals surface area contributed by atoms with Gasteiger partial charge in [-0.3, -0.25) is 0 Å². The van der Waals surface area contributed by atoms with E-state index in [1.807, 2.05) is 0 Å². The molecule has 0 heterocycles. The van der Waals surface area contributed by atoms with Gasteiger partial charge in [0.1, 0.15) is 0 Å². The Morgan fingerprint density at radius 3 is 1.86 bits per heavy atom. The standard InChI is InChI=1S/C14H10O6S/c15-13(16)9-4-6-11(7-5-9)21(19,20)12-3-1-2-10(8-12)14(17)18/h1-8H,(H,15,16)(H,17,18). The molecule has 2 rings (SSSR count). The molecule has 0 radical (unpaired) electrons. The summed E-state index contributed by atoms with van der Waals surface area (Å²) in [6, 6.07) is 9.66. The molecule has 0 saturated carbocycles. The fraction of sp³-hybridized carbons (Fsp3) is 0. The van der Waals surface area contributed by atoms with Crippen molar-refractivity contribution in [1.82, 2.24) is 0 Å². The van der Waals surface area contributed by atoms with Crippen LogP contribution in [-0.4, -0.2) is 30.6 Å². The van der Waals surface area contributed by atoms with Crippen LogP contribution in [0.3, 0.4) is 0 Å². The molecule has 0 unspecified atom stereocenters. The molecule has 0 saturated heterocycles. The summed E-state index contributed by atoms with van der Waals surface area (Å²) in [4.78, 5) is 21.3. The van der Waals surface area contributed by atoms with E-state index in [0.29, 0.717) is 0 Å². The van der Waals surface area contributed by atoms with Gasteiger partial charge < -0.3 is 10.2 Å². The molecule has 108 valence electrons. The molecule has 0 atom stereocenters. The van der Waals surface area contributed by atoms with Crippen LogP contribution in [0.15, 0.2) is 58.3 Å². The Kier molecular flexibility index (Phi) is 3.77. The summed E-state index contributed by atoms with van der Waals surface area (Å²) in [7, 11) is -3.89. The Bertz CT molecular complexity index is 806. The van der Waals surface area contributed by atoms with Crippen molar-refractivity contribution >= 4 is 21.8 Å². The molecule has 0 aliphatic carbocycles. The highest BCUT2D eigenvalue weighted by Crippen LogP contribution is 2.22. The van der Waals surface area contributed by atoms with Crippen LogP contribution >= 0.6 is 0 Å². The number of sulfone groups is 1. The third-order valence-electron chi connectivity index (χ3n) is 2.80. The SMILES string of the molecule is O=C(O)c1ccc(S(=O)(=O)c2cccc(C(=O)O)c2)cc1. The lowest BCUT2D eigenvalue weighted by Gasteiger charge is -2.06. The lowest BCUT2D eigenvalue weighted by Crippen LogP contribution is -2.05. The van der Waals surface area contributed by atoms with E-state index in [1.165, 1.54) is 42.5 Å². The number of hydrogen-bond donors (Lipinski definition) is 2. The minimum atomic E-state index is -3.89. The van der Waals surface area contributed by atoms with Crippen molar-refractivity contribution in [3.8, 4) is 0 Å². The number of rotatable bonds is 4. The number of benzene rings is 2. The van der Waals surface area contributed by atoms with E-state index in [1.54, 1.807) is 0 Å². The summed E-state index contributed by atoms with van der Waals surface area (Å²) < 4.78 is 24.7. The normalized spacial score (nSPS) is 11.0. The molecule has 2 aromatic carbocycles. The molecule has 0 bridgehead atoms. The van der Waals surface area contributed by atoms with Gasteiger partial charge >= 0.3 is 11.9 Å². The van der Waals surface area contributed by atoms with Gasteiger partial charge in [-0.25, -0.2) is 18.0 Å².